The summed E-state index contributed by atoms with van der Waals surface area (Å²) < 4.78 is 5.24. The second-order valence-electron chi connectivity index (χ2n) is 16.8. The van der Waals surface area contributed by atoms with Crippen LogP contribution in [0.25, 0.3) is 73.7 Å². The first kappa shape index (κ1) is 37.0. The monoisotopic (exact) mass is 849 g/mol. The van der Waals surface area contributed by atoms with Crippen molar-refractivity contribution in [2.75, 3.05) is 4.90 Å². The molecule has 64 heavy (non-hydrogen) atoms. The lowest BCUT2D eigenvalue weighted by Gasteiger charge is -2.33. The fraction of sp³-hybridized carbons (Fsp3) is 0.0164. The number of benzene rings is 10. The predicted octanol–water partition coefficient (Wildman–Crippen LogP) is 17.6. The molecule has 1 aliphatic rings. The Kier molecular flexibility index (Phi) is 8.55. The largest absolute Gasteiger partial charge is 0.310 e. The highest BCUT2D eigenvalue weighted by Crippen LogP contribution is 2.58. The molecule has 1 aliphatic carbocycles. The van der Waals surface area contributed by atoms with Crippen molar-refractivity contribution in [2.45, 2.75) is 5.41 Å². The number of fused-ring (bicyclic) bond motifs is 9. The van der Waals surface area contributed by atoms with Crippen LogP contribution in [0.2, 0.25) is 0 Å². The molecular weight excluding hydrogens is 811 g/mol. The zero-order chi connectivity index (χ0) is 42.2. The molecule has 0 N–H and O–H groups in total. The van der Waals surface area contributed by atoms with Gasteiger partial charge in [-0.1, -0.05) is 176 Å². The third-order valence-corrected chi connectivity index (χ3v) is 15.7. The van der Waals surface area contributed by atoms with Gasteiger partial charge in [0.2, 0.25) is 0 Å². The van der Waals surface area contributed by atoms with Gasteiger partial charge in [-0.15, -0.1) is 22.7 Å². The Balaban J connectivity index is 0.944. The van der Waals surface area contributed by atoms with Crippen molar-refractivity contribution in [1.29, 1.82) is 0 Å². The Hall–Kier alpha value is -7.56. The number of rotatable bonds is 7. The summed E-state index contributed by atoms with van der Waals surface area (Å²) in [6.07, 6.45) is 0. The zero-order valence-corrected chi connectivity index (χ0v) is 36.4. The second kappa shape index (κ2) is 14.8. The van der Waals surface area contributed by atoms with Crippen LogP contribution in [0.3, 0.4) is 0 Å². The maximum atomic E-state index is 2.51. The van der Waals surface area contributed by atoms with E-state index in [4.69, 9.17) is 0 Å². The van der Waals surface area contributed by atoms with Gasteiger partial charge in [-0.3, -0.25) is 0 Å². The van der Waals surface area contributed by atoms with E-state index in [1.165, 1.54) is 96.0 Å². The summed E-state index contributed by atoms with van der Waals surface area (Å²) in [7, 11) is 0. The molecular formula is C61H39NS2. The lowest BCUT2D eigenvalue weighted by atomic mass is 9.68. The van der Waals surface area contributed by atoms with E-state index in [2.05, 4.69) is 241 Å². The van der Waals surface area contributed by atoms with E-state index in [9.17, 15) is 0 Å². The molecule has 2 heterocycles. The average molecular weight is 850 g/mol. The van der Waals surface area contributed by atoms with Crippen LogP contribution in [0.15, 0.2) is 237 Å². The smallest absolute Gasteiger partial charge is 0.0714 e. The van der Waals surface area contributed by atoms with Crippen molar-refractivity contribution < 1.29 is 0 Å². The van der Waals surface area contributed by atoms with Gasteiger partial charge in [0.1, 0.15) is 0 Å². The maximum absolute atomic E-state index is 2.51. The number of hydrogen-bond donors (Lipinski definition) is 0. The summed E-state index contributed by atoms with van der Waals surface area (Å²) >= 11 is 3.77. The minimum absolute atomic E-state index is 0.424. The SMILES string of the molecule is c1ccc(-c2ccc(N(c3ccc(-c4cccc5c4sc4cc6c(cc45)-c4ccccc4C6(c4ccccc4)c4ccccc4)cc3)c3ccc4sc5ccccc5c4c3)cc2)cc1. The number of nitrogens with zero attached hydrogens (tertiary/aromatic N) is 1. The van der Waals surface area contributed by atoms with Crippen LogP contribution in [0, 0.1) is 0 Å². The molecule has 0 saturated heterocycles. The van der Waals surface area contributed by atoms with E-state index in [-0.39, 0.29) is 0 Å². The van der Waals surface area contributed by atoms with Gasteiger partial charge < -0.3 is 4.90 Å². The van der Waals surface area contributed by atoms with E-state index in [0.717, 1.165) is 17.1 Å². The fourth-order valence-electron chi connectivity index (χ4n) is 10.5. The third kappa shape index (κ3) is 5.68. The lowest BCUT2D eigenvalue weighted by Crippen LogP contribution is -2.28. The molecule has 0 unspecified atom stereocenters. The molecule has 0 atom stereocenters. The van der Waals surface area contributed by atoms with E-state index in [1.807, 2.05) is 22.7 Å². The first-order valence-corrected chi connectivity index (χ1v) is 23.5. The van der Waals surface area contributed by atoms with E-state index >= 15 is 0 Å². The fourth-order valence-corrected chi connectivity index (χ4v) is 12.8. The first-order chi connectivity index (χ1) is 31.7. The van der Waals surface area contributed by atoms with Crippen molar-refractivity contribution in [2.24, 2.45) is 0 Å². The lowest BCUT2D eigenvalue weighted by molar-refractivity contribution is 0.770. The van der Waals surface area contributed by atoms with Crippen molar-refractivity contribution in [3.63, 3.8) is 0 Å². The molecule has 0 saturated carbocycles. The summed E-state index contributed by atoms with van der Waals surface area (Å²) in [5.74, 6) is 0. The molecule has 0 radical (unpaired) electrons. The minimum atomic E-state index is -0.424. The van der Waals surface area contributed by atoms with E-state index in [1.54, 1.807) is 0 Å². The highest BCUT2D eigenvalue weighted by molar-refractivity contribution is 7.26. The Labute approximate surface area is 380 Å². The molecule has 10 aromatic carbocycles. The quantitative estimate of drug-likeness (QED) is 0.154. The molecule has 0 bridgehead atoms. The van der Waals surface area contributed by atoms with Gasteiger partial charge in [-0.05, 0) is 116 Å². The summed E-state index contributed by atoms with van der Waals surface area (Å²) in [4.78, 5) is 2.40. The summed E-state index contributed by atoms with van der Waals surface area (Å²) in [6.45, 7) is 0. The first-order valence-electron chi connectivity index (χ1n) is 21.9. The van der Waals surface area contributed by atoms with Gasteiger partial charge in [0.15, 0.2) is 0 Å². The van der Waals surface area contributed by atoms with Crippen molar-refractivity contribution >= 4 is 80.1 Å². The molecule has 0 amide bonds. The van der Waals surface area contributed by atoms with Gasteiger partial charge in [0.05, 0.1) is 5.41 Å². The van der Waals surface area contributed by atoms with Crippen LogP contribution in [0.4, 0.5) is 17.1 Å². The molecule has 2 aromatic heterocycles. The van der Waals surface area contributed by atoms with Crippen LogP contribution in [-0.4, -0.2) is 0 Å². The van der Waals surface area contributed by atoms with Gasteiger partial charge in [-0.2, -0.15) is 0 Å². The van der Waals surface area contributed by atoms with Crippen LogP contribution in [0.1, 0.15) is 22.3 Å². The van der Waals surface area contributed by atoms with Crippen LogP contribution >= 0.6 is 22.7 Å². The molecule has 300 valence electrons. The van der Waals surface area contributed by atoms with Gasteiger partial charge in [0, 0.05) is 57.4 Å². The highest BCUT2D eigenvalue weighted by Gasteiger charge is 2.46. The Morgan fingerprint density at radius 3 is 1.58 bits per heavy atom. The zero-order valence-electron chi connectivity index (χ0n) is 34.8. The van der Waals surface area contributed by atoms with Crippen LogP contribution in [-0.2, 0) is 5.41 Å². The van der Waals surface area contributed by atoms with Crippen LogP contribution < -0.4 is 4.90 Å². The molecule has 1 nitrogen and oxygen atoms in total. The standard InChI is InChI=1S/C61H39NS2/c1-4-15-40(16-5-1)41-27-31-45(32-28-41)62(47-35-36-58-53(37-47)50-22-11-13-26-57(50)63-58)46-33-29-42(30-34-46)48-23-14-24-51-54-38-52-49-21-10-12-25-55(49)61(43-17-6-2-7-18-43,44-19-8-3-9-20-44)56(52)39-59(54)64-60(48)51/h1-39H. The Morgan fingerprint density at radius 1 is 0.297 bits per heavy atom. The summed E-state index contributed by atoms with van der Waals surface area (Å²) in [5, 5.41) is 5.20. The Morgan fingerprint density at radius 2 is 0.844 bits per heavy atom. The molecule has 3 heteroatoms. The third-order valence-electron chi connectivity index (χ3n) is 13.4. The maximum Gasteiger partial charge on any atom is 0.0714 e. The molecule has 13 rings (SSSR count). The highest BCUT2D eigenvalue weighted by atomic mass is 32.1. The molecule has 12 aromatic rings. The minimum Gasteiger partial charge on any atom is -0.310 e. The molecule has 0 spiro atoms. The topological polar surface area (TPSA) is 3.24 Å². The average Bonchev–Trinajstić information content (AvgIpc) is 4.02. The predicted molar refractivity (Wildman–Crippen MR) is 275 cm³/mol. The van der Waals surface area contributed by atoms with Gasteiger partial charge >= 0.3 is 0 Å². The van der Waals surface area contributed by atoms with E-state index < -0.39 is 5.41 Å². The van der Waals surface area contributed by atoms with Crippen molar-refractivity contribution in [1.82, 2.24) is 0 Å². The van der Waals surface area contributed by atoms with Crippen molar-refractivity contribution in [3.05, 3.63) is 259 Å². The van der Waals surface area contributed by atoms with Gasteiger partial charge in [0.25, 0.3) is 0 Å². The number of anilines is 3. The summed E-state index contributed by atoms with van der Waals surface area (Å²) in [6, 6.07) is 87.6. The number of hydrogen-bond acceptors (Lipinski definition) is 3. The van der Waals surface area contributed by atoms with Crippen LogP contribution in [0.5, 0.6) is 0 Å². The molecule has 0 fully saturated rings. The molecule has 0 aliphatic heterocycles. The second-order valence-corrected chi connectivity index (χ2v) is 18.9. The normalized spacial score (nSPS) is 12.8. The summed E-state index contributed by atoms with van der Waals surface area (Å²) in [5.41, 5.74) is 15.7. The number of thiophene rings is 2. The Bertz CT molecular complexity index is 3660. The van der Waals surface area contributed by atoms with Crippen molar-refractivity contribution in [3.8, 4) is 33.4 Å². The van der Waals surface area contributed by atoms with Gasteiger partial charge in [-0.25, -0.2) is 0 Å². The van der Waals surface area contributed by atoms with E-state index in [0.29, 0.717) is 0 Å².